The molecule has 5 atom stereocenters. The van der Waals surface area contributed by atoms with E-state index >= 15 is 0 Å². The summed E-state index contributed by atoms with van der Waals surface area (Å²) in [5, 5.41) is 0.220. The first kappa shape index (κ1) is 21.0. The Balaban J connectivity index is 1.99. The lowest BCUT2D eigenvalue weighted by atomic mass is 9.87. The lowest BCUT2D eigenvalue weighted by Gasteiger charge is -2.43. The molecule has 0 aromatic heterocycles. The number of hydrogen-bond donors (Lipinski definition) is 0. The molecule has 0 bridgehead atoms. The van der Waals surface area contributed by atoms with E-state index in [4.69, 9.17) is 13.6 Å². The van der Waals surface area contributed by atoms with E-state index < -0.39 is 16.6 Å². The SMILES string of the molecule is CCC[C@]12C[C@]3(O[Si](C)(C)C)C[C@H](C)O[C@@H]3[C@@]1(O[Si](C)(C)C(C)(C)C)C2. The minimum absolute atomic E-state index is 0.101. The van der Waals surface area contributed by atoms with Gasteiger partial charge in [-0.15, -0.1) is 0 Å². The Morgan fingerprint density at radius 2 is 1.65 bits per heavy atom. The van der Waals surface area contributed by atoms with Crippen LogP contribution in [0.25, 0.3) is 0 Å². The van der Waals surface area contributed by atoms with Crippen LogP contribution in [0.3, 0.4) is 0 Å². The first-order valence-corrected chi connectivity index (χ1v) is 17.0. The molecule has 3 nitrogen and oxygen atoms in total. The lowest BCUT2D eigenvalue weighted by molar-refractivity contribution is -0.0832. The highest BCUT2D eigenvalue weighted by molar-refractivity contribution is 6.74. The molecule has 5 heteroatoms. The minimum Gasteiger partial charge on any atom is -0.409 e. The Morgan fingerprint density at radius 3 is 2.15 bits per heavy atom. The first-order valence-electron chi connectivity index (χ1n) is 10.7. The Kier molecular flexibility index (Phi) is 4.78. The van der Waals surface area contributed by atoms with Gasteiger partial charge in [0.2, 0.25) is 0 Å². The topological polar surface area (TPSA) is 27.7 Å². The second-order valence-electron chi connectivity index (χ2n) is 11.9. The molecule has 0 spiro atoms. The molecular formula is C21H42O3Si2. The minimum atomic E-state index is -1.87. The van der Waals surface area contributed by atoms with Crippen LogP contribution in [0.1, 0.15) is 66.7 Å². The van der Waals surface area contributed by atoms with Crippen molar-refractivity contribution < 1.29 is 13.6 Å². The van der Waals surface area contributed by atoms with Gasteiger partial charge in [-0.3, -0.25) is 0 Å². The molecule has 1 aliphatic heterocycles. The van der Waals surface area contributed by atoms with Crippen molar-refractivity contribution in [1.82, 2.24) is 0 Å². The van der Waals surface area contributed by atoms with Crippen LogP contribution in [-0.2, 0) is 13.6 Å². The molecule has 2 saturated carbocycles. The molecule has 1 heterocycles. The molecule has 0 radical (unpaired) electrons. The van der Waals surface area contributed by atoms with Gasteiger partial charge in [-0.25, -0.2) is 0 Å². The van der Waals surface area contributed by atoms with Crippen molar-refractivity contribution in [1.29, 1.82) is 0 Å². The average molecular weight is 399 g/mol. The molecule has 0 aromatic carbocycles. The predicted octanol–water partition coefficient (Wildman–Crippen LogP) is 6.11. The van der Waals surface area contributed by atoms with Gasteiger partial charge in [-0.2, -0.15) is 0 Å². The molecule has 152 valence electrons. The third-order valence-electron chi connectivity index (χ3n) is 7.40. The van der Waals surface area contributed by atoms with Gasteiger partial charge in [0.25, 0.3) is 0 Å². The Bertz CT molecular complexity index is 565. The van der Waals surface area contributed by atoms with Gasteiger partial charge in [0, 0.05) is 11.8 Å². The molecule has 3 aliphatic rings. The standard InChI is InChI=1S/C21H42O3Si2/c1-11-12-19-14-20(23-25(6,7)8)13-16(2)22-17(20)21(19,15-19)24-26(9,10)18(3,4)5/h16-17H,11-15H2,1-10H3/t16-,17-,19+,20+,21-/m0/s1. The molecule has 26 heavy (non-hydrogen) atoms. The van der Waals surface area contributed by atoms with E-state index in [1.165, 1.54) is 19.3 Å². The zero-order chi connectivity index (χ0) is 19.8. The van der Waals surface area contributed by atoms with Crippen molar-refractivity contribution >= 4 is 16.6 Å². The number of ether oxygens (including phenoxy) is 1. The molecule has 1 saturated heterocycles. The van der Waals surface area contributed by atoms with Gasteiger partial charge >= 0.3 is 0 Å². The second kappa shape index (κ2) is 5.91. The van der Waals surface area contributed by atoms with Gasteiger partial charge in [0.1, 0.15) is 6.10 Å². The van der Waals surface area contributed by atoms with Gasteiger partial charge in [-0.1, -0.05) is 34.1 Å². The number of fused-ring (bicyclic) bond motifs is 3. The van der Waals surface area contributed by atoms with Crippen molar-refractivity contribution in [2.75, 3.05) is 0 Å². The van der Waals surface area contributed by atoms with Crippen LogP contribution >= 0.6 is 0 Å². The van der Waals surface area contributed by atoms with Gasteiger partial charge in [0.05, 0.1) is 17.3 Å². The molecule has 0 N–H and O–H groups in total. The summed E-state index contributed by atoms with van der Waals surface area (Å²) in [6.45, 7) is 23.3. The van der Waals surface area contributed by atoms with Crippen LogP contribution in [0.2, 0.25) is 37.8 Å². The Morgan fingerprint density at radius 1 is 1.04 bits per heavy atom. The largest absolute Gasteiger partial charge is 0.409 e. The van der Waals surface area contributed by atoms with E-state index in [0.29, 0.717) is 0 Å². The van der Waals surface area contributed by atoms with E-state index in [0.717, 1.165) is 12.8 Å². The molecule has 3 rings (SSSR count). The van der Waals surface area contributed by atoms with Gasteiger partial charge in [-0.05, 0) is 64.0 Å². The molecule has 3 fully saturated rings. The normalized spacial score (nSPS) is 42.7. The van der Waals surface area contributed by atoms with E-state index in [2.05, 4.69) is 67.4 Å². The summed E-state index contributed by atoms with van der Waals surface area (Å²) < 4.78 is 20.8. The average Bonchev–Trinajstić information content (AvgIpc) is 2.74. The molecule has 2 aliphatic carbocycles. The maximum absolute atomic E-state index is 7.23. The number of rotatable bonds is 6. The van der Waals surface area contributed by atoms with Crippen LogP contribution in [-0.4, -0.2) is 40.0 Å². The Labute approximate surface area is 163 Å². The van der Waals surface area contributed by atoms with E-state index in [1.54, 1.807) is 0 Å². The highest BCUT2D eigenvalue weighted by Gasteiger charge is 2.84. The maximum atomic E-state index is 7.23. The Hall–Kier alpha value is 0.314. The third kappa shape index (κ3) is 3.10. The zero-order valence-corrected chi connectivity index (χ0v) is 20.9. The molecule has 0 unspecified atom stereocenters. The lowest BCUT2D eigenvalue weighted by Crippen LogP contribution is -2.54. The maximum Gasteiger partial charge on any atom is 0.192 e. The van der Waals surface area contributed by atoms with Crippen molar-refractivity contribution in [3.63, 3.8) is 0 Å². The monoisotopic (exact) mass is 398 g/mol. The summed E-state index contributed by atoms with van der Waals surface area (Å²) in [4.78, 5) is 0. The van der Waals surface area contributed by atoms with Crippen LogP contribution in [0.15, 0.2) is 0 Å². The van der Waals surface area contributed by atoms with Crippen LogP contribution < -0.4 is 0 Å². The van der Waals surface area contributed by atoms with Crippen LogP contribution in [0, 0.1) is 5.41 Å². The fourth-order valence-corrected chi connectivity index (χ4v) is 8.82. The van der Waals surface area contributed by atoms with Gasteiger partial charge < -0.3 is 13.6 Å². The van der Waals surface area contributed by atoms with Crippen LogP contribution in [0.5, 0.6) is 0 Å². The third-order valence-corrected chi connectivity index (χ3v) is 12.9. The summed E-state index contributed by atoms with van der Waals surface area (Å²) >= 11 is 0. The predicted molar refractivity (Wildman–Crippen MR) is 114 cm³/mol. The molecular weight excluding hydrogens is 356 g/mol. The fraction of sp³-hybridized carbons (Fsp3) is 1.00. The number of hydrogen-bond acceptors (Lipinski definition) is 3. The molecule has 0 amide bonds. The fourth-order valence-electron chi connectivity index (χ4n) is 5.73. The van der Waals surface area contributed by atoms with Crippen molar-refractivity contribution in [2.45, 2.75) is 128 Å². The smallest absolute Gasteiger partial charge is 0.192 e. The van der Waals surface area contributed by atoms with E-state index in [9.17, 15) is 0 Å². The van der Waals surface area contributed by atoms with Gasteiger partial charge in [0.15, 0.2) is 16.6 Å². The van der Waals surface area contributed by atoms with Crippen molar-refractivity contribution in [2.24, 2.45) is 5.41 Å². The van der Waals surface area contributed by atoms with Crippen molar-refractivity contribution in [3.05, 3.63) is 0 Å². The highest BCUT2D eigenvalue weighted by atomic mass is 28.4. The van der Waals surface area contributed by atoms with E-state index in [-0.39, 0.29) is 33.9 Å². The summed E-state index contributed by atoms with van der Waals surface area (Å²) in [6, 6.07) is 0. The summed E-state index contributed by atoms with van der Waals surface area (Å²) in [5.74, 6) is 0. The first-order chi connectivity index (χ1) is 11.6. The summed E-state index contributed by atoms with van der Waals surface area (Å²) in [7, 11) is -3.54. The summed E-state index contributed by atoms with van der Waals surface area (Å²) in [5.41, 5.74) is 0.0673. The quantitative estimate of drug-likeness (QED) is 0.505. The summed E-state index contributed by atoms with van der Waals surface area (Å²) in [6.07, 6.45) is 6.21. The van der Waals surface area contributed by atoms with Crippen molar-refractivity contribution in [3.8, 4) is 0 Å². The highest BCUT2D eigenvalue weighted by Crippen LogP contribution is 2.77. The zero-order valence-electron chi connectivity index (χ0n) is 18.9. The molecule has 0 aromatic rings. The van der Waals surface area contributed by atoms with Crippen LogP contribution in [0.4, 0.5) is 0 Å². The van der Waals surface area contributed by atoms with E-state index in [1.807, 2.05) is 0 Å². The second-order valence-corrected chi connectivity index (χ2v) is 21.1.